The zero-order chi connectivity index (χ0) is 16.4. The summed E-state index contributed by atoms with van der Waals surface area (Å²) in [5, 5.41) is 11.1. The van der Waals surface area contributed by atoms with Crippen LogP contribution in [0.5, 0.6) is 0 Å². The van der Waals surface area contributed by atoms with Crippen molar-refractivity contribution >= 4 is 5.91 Å². The summed E-state index contributed by atoms with van der Waals surface area (Å²) in [4.78, 5) is 16.3. The van der Waals surface area contributed by atoms with Crippen LogP contribution in [0, 0.1) is 0 Å². The zero-order valence-electron chi connectivity index (χ0n) is 13.5. The van der Waals surface area contributed by atoms with Crippen molar-refractivity contribution in [3.05, 3.63) is 24.3 Å². The van der Waals surface area contributed by atoms with Gasteiger partial charge in [-0.05, 0) is 25.0 Å². The van der Waals surface area contributed by atoms with Gasteiger partial charge in [0.15, 0.2) is 5.76 Å². The van der Waals surface area contributed by atoms with E-state index in [1.807, 2.05) is 0 Å². The Morgan fingerprint density at radius 1 is 1.21 bits per heavy atom. The van der Waals surface area contributed by atoms with Crippen LogP contribution in [-0.4, -0.2) is 64.7 Å². The number of carbonyl (C=O) groups excluding carboxylic acids is 1. The molecule has 1 aliphatic heterocycles. The SMILES string of the molecule is O=C(CN1CCN(Cc2nnc(-c3ccco3)o2)CC1)NC1CC1. The maximum Gasteiger partial charge on any atom is 0.283 e. The van der Waals surface area contributed by atoms with Gasteiger partial charge >= 0.3 is 0 Å². The van der Waals surface area contributed by atoms with Crippen molar-refractivity contribution in [3.63, 3.8) is 0 Å². The van der Waals surface area contributed by atoms with Gasteiger partial charge in [0.2, 0.25) is 11.8 Å². The largest absolute Gasteiger partial charge is 0.459 e. The maximum atomic E-state index is 11.8. The average molecular weight is 331 g/mol. The lowest BCUT2D eigenvalue weighted by atomic mass is 10.3. The summed E-state index contributed by atoms with van der Waals surface area (Å²) in [6, 6.07) is 4.01. The Morgan fingerprint density at radius 3 is 2.71 bits per heavy atom. The van der Waals surface area contributed by atoms with Gasteiger partial charge in [0.1, 0.15) is 0 Å². The Bertz CT molecular complexity index is 672. The minimum atomic E-state index is 0.144. The van der Waals surface area contributed by atoms with E-state index in [0.29, 0.717) is 36.7 Å². The number of piperazine rings is 1. The van der Waals surface area contributed by atoms with Crippen LogP contribution in [-0.2, 0) is 11.3 Å². The van der Waals surface area contributed by atoms with E-state index in [4.69, 9.17) is 8.83 Å². The number of nitrogens with one attached hydrogen (secondary N) is 1. The fraction of sp³-hybridized carbons (Fsp3) is 0.562. The molecule has 1 aliphatic carbocycles. The minimum absolute atomic E-state index is 0.144. The second kappa shape index (κ2) is 6.74. The van der Waals surface area contributed by atoms with E-state index in [2.05, 4.69) is 25.3 Å². The first-order valence-electron chi connectivity index (χ1n) is 8.36. The van der Waals surface area contributed by atoms with Crippen molar-refractivity contribution in [1.82, 2.24) is 25.3 Å². The molecule has 8 heteroatoms. The second-order valence-electron chi connectivity index (χ2n) is 6.37. The third-order valence-corrected chi connectivity index (χ3v) is 4.33. The van der Waals surface area contributed by atoms with Gasteiger partial charge in [0, 0.05) is 32.2 Å². The number of carbonyl (C=O) groups is 1. The van der Waals surface area contributed by atoms with E-state index in [0.717, 1.165) is 39.0 Å². The fourth-order valence-electron chi connectivity index (χ4n) is 2.82. The minimum Gasteiger partial charge on any atom is -0.459 e. The van der Waals surface area contributed by atoms with Crippen molar-refractivity contribution in [2.45, 2.75) is 25.4 Å². The van der Waals surface area contributed by atoms with Crippen LogP contribution in [0.15, 0.2) is 27.2 Å². The smallest absolute Gasteiger partial charge is 0.283 e. The number of hydrogen-bond donors (Lipinski definition) is 1. The van der Waals surface area contributed by atoms with Crippen LogP contribution in [0.3, 0.4) is 0 Å². The van der Waals surface area contributed by atoms with Crippen LogP contribution < -0.4 is 5.32 Å². The van der Waals surface area contributed by atoms with Gasteiger partial charge in [-0.2, -0.15) is 0 Å². The molecule has 0 aromatic carbocycles. The molecule has 4 rings (SSSR count). The topological polar surface area (TPSA) is 87.6 Å². The molecule has 1 saturated heterocycles. The lowest BCUT2D eigenvalue weighted by molar-refractivity contribution is -0.122. The van der Waals surface area contributed by atoms with Crippen LogP contribution >= 0.6 is 0 Å². The van der Waals surface area contributed by atoms with Gasteiger partial charge in [-0.15, -0.1) is 10.2 Å². The van der Waals surface area contributed by atoms with Gasteiger partial charge in [-0.1, -0.05) is 0 Å². The fourth-order valence-corrected chi connectivity index (χ4v) is 2.82. The van der Waals surface area contributed by atoms with E-state index in [1.165, 1.54) is 0 Å². The van der Waals surface area contributed by atoms with Crippen LogP contribution in [0.4, 0.5) is 0 Å². The molecule has 0 bridgehead atoms. The lowest BCUT2D eigenvalue weighted by Gasteiger charge is -2.33. The normalized spacial score (nSPS) is 19.5. The molecule has 24 heavy (non-hydrogen) atoms. The summed E-state index contributed by atoms with van der Waals surface area (Å²) in [5.41, 5.74) is 0. The van der Waals surface area contributed by atoms with Crippen molar-refractivity contribution in [3.8, 4) is 11.7 Å². The molecule has 2 aliphatic rings. The average Bonchev–Trinajstić information content (AvgIpc) is 3.04. The second-order valence-corrected chi connectivity index (χ2v) is 6.37. The summed E-state index contributed by atoms with van der Waals surface area (Å²) in [6.45, 7) is 4.63. The predicted octanol–water partition coefficient (Wildman–Crippen LogP) is 0.726. The first-order chi connectivity index (χ1) is 11.8. The summed E-state index contributed by atoms with van der Waals surface area (Å²) < 4.78 is 10.9. The van der Waals surface area contributed by atoms with Gasteiger partial charge in [0.25, 0.3) is 5.89 Å². The molecule has 0 atom stereocenters. The lowest BCUT2D eigenvalue weighted by Crippen LogP contribution is -2.49. The highest BCUT2D eigenvalue weighted by atomic mass is 16.4. The molecule has 0 unspecified atom stereocenters. The number of furan rings is 1. The summed E-state index contributed by atoms with van der Waals surface area (Å²) in [7, 11) is 0. The Morgan fingerprint density at radius 2 is 2.00 bits per heavy atom. The highest BCUT2D eigenvalue weighted by molar-refractivity contribution is 5.78. The molecule has 0 spiro atoms. The van der Waals surface area contributed by atoms with E-state index in [-0.39, 0.29) is 5.91 Å². The summed E-state index contributed by atoms with van der Waals surface area (Å²) in [5.74, 6) is 1.72. The van der Waals surface area contributed by atoms with Crippen LogP contribution in [0.2, 0.25) is 0 Å². The molecule has 128 valence electrons. The number of hydrogen-bond acceptors (Lipinski definition) is 7. The highest BCUT2D eigenvalue weighted by Crippen LogP contribution is 2.19. The third-order valence-electron chi connectivity index (χ3n) is 4.33. The van der Waals surface area contributed by atoms with Gasteiger partial charge in [0.05, 0.1) is 19.4 Å². The van der Waals surface area contributed by atoms with Gasteiger partial charge < -0.3 is 14.2 Å². The molecule has 2 aromatic heterocycles. The maximum absolute atomic E-state index is 11.8. The zero-order valence-corrected chi connectivity index (χ0v) is 13.5. The first-order valence-corrected chi connectivity index (χ1v) is 8.36. The van der Waals surface area contributed by atoms with Crippen LogP contribution in [0.25, 0.3) is 11.7 Å². The van der Waals surface area contributed by atoms with Crippen molar-refractivity contribution in [2.24, 2.45) is 0 Å². The molecule has 3 heterocycles. The standard InChI is InChI=1S/C16H21N5O3/c22-14(17-12-3-4-12)10-20-5-7-21(8-6-20)11-15-18-19-16(24-15)13-2-1-9-23-13/h1-2,9,12H,3-8,10-11H2,(H,17,22). The molecular formula is C16H21N5O3. The van der Waals surface area contributed by atoms with Crippen molar-refractivity contribution in [2.75, 3.05) is 32.7 Å². The Hall–Kier alpha value is -2.19. The molecule has 8 nitrogen and oxygen atoms in total. The van der Waals surface area contributed by atoms with Gasteiger partial charge in [-0.25, -0.2) is 0 Å². The number of aromatic nitrogens is 2. The number of rotatable bonds is 6. The number of nitrogens with zero attached hydrogens (tertiary/aromatic N) is 4. The highest BCUT2D eigenvalue weighted by Gasteiger charge is 2.25. The van der Waals surface area contributed by atoms with E-state index in [1.54, 1.807) is 18.4 Å². The Labute approximate surface area is 139 Å². The monoisotopic (exact) mass is 331 g/mol. The van der Waals surface area contributed by atoms with Crippen LogP contribution in [0.1, 0.15) is 18.7 Å². The quantitative estimate of drug-likeness (QED) is 0.834. The molecule has 1 amide bonds. The number of amides is 1. The molecule has 0 radical (unpaired) electrons. The molecule has 1 saturated carbocycles. The molecule has 2 fully saturated rings. The van der Waals surface area contributed by atoms with E-state index in [9.17, 15) is 4.79 Å². The Kier molecular flexibility index (Phi) is 4.31. The molecule has 2 aromatic rings. The summed E-state index contributed by atoms with van der Waals surface area (Å²) in [6.07, 6.45) is 3.84. The molecule has 1 N–H and O–H groups in total. The predicted molar refractivity (Wildman–Crippen MR) is 84.9 cm³/mol. The van der Waals surface area contributed by atoms with E-state index < -0.39 is 0 Å². The molecular weight excluding hydrogens is 310 g/mol. The van der Waals surface area contributed by atoms with E-state index >= 15 is 0 Å². The van der Waals surface area contributed by atoms with Gasteiger partial charge in [-0.3, -0.25) is 14.6 Å². The first kappa shape index (κ1) is 15.3. The van der Waals surface area contributed by atoms with Crippen molar-refractivity contribution < 1.29 is 13.6 Å². The van der Waals surface area contributed by atoms with Crippen molar-refractivity contribution in [1.29, 1.82) is 0 Å². The Balaban J connectivity index is 1.23. The third kappa shape index (κ3) is 3.82. The summed E-state index contributed by atoms with van der Waals surface area (Å²) >= 11 is 0.